The van der Waals surface area contributed by atoms with Gasteiger partial charge in [-0.3, -0.25) is 0 Å². The van der Waals surface area contributed by atoms with Gasteiger partial charge in [0.1, 0.15) is 0 Å². The van der Waals surface area contributed by atoms with Gasteiger partial charge >= 0.3 is 21.1 Å². The van der Waals surface area contributed by atoms with Crippen LogP contribution in [0.2, 0.25) is 0 Å². The summed E-state index contributed by atoms with van der Waals surface area (Å²) < 4.78 is 0. The summed E-state index contributed by atoms with van der Waals surface area (Å²) in [5.41, 5.74) is 0.500. The molecule has 1 heteroatoms. The van der Waals surface area contributed by atoms with Gasteiger partial charge in [0.15, 0.2) is 0 Å². The second-order valence-electron chi connectivity index (χ2n) is 4.50. The molecule has 0 saturated carbocycles. The fourth-order valence-corrected chi connectivity index (χ4v) is 0. The van der Waals surface area contributed by atoms with Crippen molar-refractivity contribution in [1.29, 1.82) is 0 Å². The van der Waals surface area contributed by atoms with Crippen molar-refractivity contribution in [3.05, 3.63) is 13.3 Å². The largest absolute Gasteiger partial charge is 2.00 e. The second-order valence-corrected chi connectivity index (χ2v) is 4.50. The summed E-state index contributed by atoms with van der Waals surface area (Å²) in [7, 11) is 0. The Morgan fingerprint density at radius 2 is 0.818 bits per heavy atom. The van der Waals surface area contributed by atoms with E-state index >= 15 is 0 Å². The van der Waals surface area contributed by atoms with Crippen molar-refractivity contribution >= 4 is 0 Å². The monoisotopic (exact) mass is 328 g/mol. The van der Waals surface area contributed by atoms with Crippen LogP contribution in [0, 0.1) is 18.8 Å². The Kier molecular flexibility index (Phi) is 21.9. The molecule has 0 rings (SSSR count). The standard InChI is InChI=1S/C5H12.C4H9.CH3.W/c1-5(2,3)4;1-4(2)3;;/h1-4H3;1-3H3;1H3;/q;2*-1;+2. The van der Waals surface area contributed by atoms with Gasteiger partial charge in [-0.05, 0) is 5.41 Å². The van der Waals surface area contributed by atoms with Crippen LogP contribution in [0.25, 0.3) is 0 Å². The number of rotatable bonds is 0. The second kappa shape index (κ2) is 10.7. The quantitative estimate of drug-likeness (QED) is 0.587. The van der Waals surface area contributed by atoms with Gasteiger partial charge in [0.25, 0.3) is 0 Å². The molecule has 0 spiro atoms. The summed E-state index contributed by atoms with van der Waals surface area (Å²) in [6.45, 7) is 15.0. The first kappa shape index (κ1) is 22.6. The predicted molar refractivity (Wildman–Crippen MR) is 51.8 cm³/mol. The molecule has 0 aliphatic rings. The zero-order valence-electron chi connectivity index (χ0n) is 9.41. The van der Waals surface area contributed by atoms with Crippen LogP contribution in [0.15, 0.2) is 0 Å². The summed E-state index contributed by atoms with van der Waals surface area (Å²) in [5.74, 6) is 1.42. The van der Waals surface area contributed by atoms with E-state index in [0.29, 0.717) is 5.41 Å². The maximum atomic E-state index is 2.19. The molecule has 0 aromatic heterocycles. The molecular weight excluding hydrogens is 304 g/mol. The maximum absolute atomic E-state index is 2.19. The maximum Gasteiger partial charge on any atom is 2.00 e. The van der Waals surface area contributed by atoms with Crippen LogP contribution in [0.3, 0.4) is 0 Å². The number of hydrogen-bond donors (Lipinski definition) is 0. The van der Waals surface area contributed by atoms with Gasteiger partial charge in [0, 0.05) is 0 Å². The fourth-order valence-electron chi connectivity index (χ4n) is 0. The van der Waals surface area contributed by atoms with Crippen LogP contribution >= 0.6 is 0 Å². The normalized spacial score (nSPS) is 8.73. The molecule has 11 heavy (non-hydrogen) atoms. The average molecular weight is 328 g/mol. The minimum absolute atomic E-state index is 0. The zero-order valence-corrected chi connectivity index (χ0v) is 12.3. The van der Waals surface area contributed by atoms with E-state index in [2.05, 4.69) is 48.5 Å². The molecule has 0 fully saturated rings. The topological polar surface area (TPSA) is 0 Å². The molecule has 0 saturated heterocycles. The van der Waals surface area contributed by atoms with Crippen LogP contribution in [0.4, 0.5) is 0 Å². The van der Waals surface area contributed by atoms with E-state index < -0.39 is 0 Å². The molecule has 0 N–H and O–H groups in total. The third-order valence-corrected chi connectivity index (χ3v) is 0. The summed E-state index contributed by atoms with van der Waals surface area (Å²) in [5, 5.41) is 0. The van der Waals surface area contributed by atoms with E-state index in [-0.39, 0.29) is 28.5 Å². The van der Waals surface area contributed by atoms with Gasteiger partial charge in [-0.2, -0.15) is 20.8 Å². The minimum Gasteiger partial charge on any atom is -0.358 e. The van der Waals surface area contributed by atoms with Gasteiger partial charge in [0.05, 0.1) is 0 Å². The van der Waals surface area contributed by atoms with E-state index in [0.717, 1.165) is 0 Å². The summed E-state index contributed by atoms with van der Waals surface area (Å²) in [6, 6.07) is 0. The Balaban J connectivity index is -0.0000000383. The first-order valence-electron chi connectivity index (χ1n) is 3.50. The zero-order chi connectivity index (χ0) is 8.08. The Labute approximate surface area is 88.4 Å². The third kappa shape index (κ3) is 1700. The van der Waals surface area contributed by atoms with E-state index in [4.69, 9.17) is 0 Å². The SMILES string of the molecule is CC(C)(C)C.C[C-](C)C.[CH3-].[W+2]. The molecule has 0 unspecified atom stereocenters. The summed E-state index contributed by atoms with van der Waals surface area (Å²) >= 11 is 0. The third-order valence-electron chi connectivity index (χ3n) is 0. The molecule has 70 valence electrons. The molecule has 0 nitrogen and oxygen atoms in total. The number of hydrogen-bond acceptors (Lipinski definition) is 0. The van der Waals surface area contributed by atoms with Gasteiger partial charge < -0.3 is 13.3 Å². The van der Waals surface area contributed by atoms with E-state index in [1.54, 1.807) is 0 Å². The molecule has 0 heterocycles. The molecule has 0 aliphatic carbocycles. The van der Waals surface area contributed by atoms with E-state index in [9.17, 15) is 0 Å². The van der Waals surface area contributed by atoms with Crippen molar-refractivity contribution in [2.24, 2.45) is 5.41 Å². The van der Waals surface area contributed by atoms with Crippen LogP contribution in [0.1, 0.15) is 48.5 Å². The average Bonchev–Trinajstić information content (AvgIpc) is 1.19. The molecule has 0 atom stereocenters. The van der Waals surface area contributed by atoms with Crippen molar-refractivity contribution < 1.29 is 21.1 Å². The molecule has 0 radical (unpaired) electrons. The summed E-state index contributed by atoms with van der Waals surface area (Å²) in [4.78, 5) is 0. The van der Waals surface area contributed by atoms with Crippen molar-refractivity contribution in [1.82, 2.24) is 0 Å². The van der Waals surface area contributed by atoms with Crippen molar-refractivity contribution in [3.63, 3.8) is 0 Å². The molecule has 0 bridgehead atoms. The smallest absolute Gasteiger partial charge is 0.358 e. The van der Waals surface area contributed by atoms with Crippen LogP contribution < -0.4 is 0 Å². The summed E-state index contributed by atoms with van der Waals surface area (Å²) in [6.07, 6.45) is 0. The molecule has 0 aliphatic heterocycles. The van der Waals surface area contributed by atoms with Crippen molar-refractivity contribution in [2.45, 2.75) is 48.5 Å². The fraction of sp³-hybridized carbons (Fsp3) is 0.800. The molecule has 0 aromatic rings. The first-order chi connectivity index (χ1) is 3.73. The van der Waals surface area contributed by atoms with E-state index in [1.807, 2.05) is 0 Å². The van der Waals surface area contributed by atoms with Gasteiger partial charge in [0.2, 0.25) is 0 Å². The van der Waals surface area contributed by atoms with Crippen molar-refractivity contribution in [3.8, 4) is 0 Å². The molecule has 0 amide bonds. The van der Waals surface area contributed by atoms with Crippen LogP contribution in [-0.2, 0) is 21.1 Å². The Morgan fingerprint density at radius 3 is 0.818 bits per heavy atom. The Hall–Kier alpha value is 0.688. The first-order valence-corrected chi connectivity index (χ1v) is 3.50. The van der Waals surface area contributed by atoms with Gasteiger partial charge in [-0.15, -0.1) is 0 Å². The Bertz CT molecular complexity index is 41.6. The predicted octanol–water partition coefficient (Wildman–Crippen LogP) is 4.12. The van der Waals surface area contributed by atoms with Gasteiger partial charge in [-0.1, -0.05) is 27.7 Å². The molecular formula is C10H24W. The van der Waals surface area contributed by atoms with Gasteiger partial charge in [-0.25, -0.2) is 0 Å². The van der Waals surface area contributed by atoms with Crippen LogP contribution in [0.5, 0.6) is 0 Å². The Morgan fingerprint density at radius 1 is 0.818 bits per heavy atom. The van der Waals surface area contributed by atoms with Crippen LogP contribution in [-0.4, -0.2) is 0 Å². The molecule has 0 aromatic carbocycles. The minimum atomic E-state index is 0. The van der Waals surface area contributed by atoms with E-state index in [1.165, 1.54) is 5.92 Å². The van der Waals surface area contributed by atoms with Crippen molar-refractivity contribution in [2.75, 3.05) is 0 Å².